The SMILES string of the molecule is N#Cc1ccc2cc3c(=O)[n-]c(=O)nc-3n(-c3ccc(Oc4ccccc4)cc3)c2c1.[Re]. The van der Waals surface area contributed by atoms with Crippen molar-refractivity contribution in [2.75, 3.05) is 0 Å². The number of aromatic nitrogens is 3. The maximum atomic E-state index is 12.4. The quantitative estimate of drug-likeness (QED) is 0.298. The van der Waals surface area contributed by atoms with Crippen molar-refractivity contribution >= 4 is 10.9 Å². The summed E-state index contributed by atoms with van der Waals surface area (Å²) >= 11 is 0. The fourth-order valence-electron chi connectivity index (χ4n) is 3.46. The van der Waals surface area contributed by atoms with Gasteiger partial charge in [-0.1, -0.05) is 24.3 Å². The van der Waals surface area contributed by atoms with Gasteiger partial charge in [0.2, 0.25) is 0 Å². The van der Waals surface area contributed by atoms with Crippen molar-refractivity contribution in [1.82, 2.24) is 14.5 Å². The molecule has 1 radical (unpaired) electrons. The molecule has 0 bridgehead atoms. The smallest absolute Gasteiger partial charge is 0.182 e. The first kappa shape index (κ1) is 21.2. The first-order valence-corrected chi connectivity index (χ1v) is 9.40. The van der Waals surface area contributed by atoms with Crippen LogP contribution in [0.5, 0.6) is 11.5 Å². The number of hydrogen-bond donors (Lipinski definition) is 0. The summed E-state index contributed by atoms with van der Waals surface area (Å²) in [7, 11) is 0. The minimum Gasteiger partial charge on any atom is -0.457 e. The molecule has 3 aromatic carbocycles. The summed E-state index contributed by atoms with van der Waals surface area (Å²) < 4.78 is 7.52. The van der Waals surface area contributed by atoms with Crippen LogP contribution >= 0.6 is 0 Å². The molecule has 0 saturated heterocycles. The van der Waals surface area contributed by atoms with Gasteiger partial charge in [0.1, 0.15) is 11.5 Å². The van der Waals surface area contributed by atoms with Gasteiger partial charge in [-0.15, -0.1) is 0 Å². The Labute approximate surface area is 195 Å². The van der Waals surface area contributed by atoms with Crippen molar-refractivity contribution < 1.29 is 25.2 Å². The second-order valence-corrected chi connectivity index (χ2v) is 6.82. The number of para-hydroxylation sites is 1. The second kappa shape index (κ2) is 8.60. The Hall–Kier alpha value is -4.04. The molecule has 155 valence electrons. The number of benzene rings is 3. The zero-order chi connectivity index (χ0) is 21.4. The monoisotopic (exact) mass is 592 g/mol. The van der Waals surface area contributed by atoms with Crippen LogP contribution < -0.4 is 21.0 Å². The molecule has 0 amide bonds. The van der Waals surface area contributed by atoms with Crippen LogP contribution in [-0.2, 0) is 20.4 Å². The van der Waals surface area contributed by atoms with E-state index in [1.54, 1.807) is 53.1 Å². The Morgan fingerprint density at radius 2 is 1.62 bits per heavy atom. The maximum Gasteiger partial charge on any atom is 0.182 e. The number of nitriles is 1. The third-order valence-electron chi connectivity index (χ3n) is 4.86. The molecule has 0 saturated carbocycles. The molecule has 0 spiro atoms. The van der Waals surface area contributed by atoms with Crippen molar-refractivity contribution in [3.05, 3.63) is 105 Å². The van der Waals surface area contributed by atoms with Crippen LogP contribution in [0.4, 0.5) is 0 Å². The number of nitrogens with zero attached hydrogens (tertiary/aromatic N) is 4. The van der Waals surface area contributed by atoms with Gasteiger partial charge in [0.25, 0.3) is 0 Å². The zero-order valence-electron chi connectivity index (χ0n) is 16.4. The fraction of sp³-hybridized carbons (Fsp3) is 0. The van der Waals surface area contributed by atoms with Crippen LogP contribution in [0.1, 0.15) is 5.56 Å². The molecule has 0 unspecified atom stereocenters. The Morgan fingerprint density at radius 1 is 0.906 bits per heavy atom. The molecule has 0 aliphatic carbocycles. The predicted molar refractivity (Wildman–Crippen MR) is 115 cm³/mol. The zero-order valence-corrected chi connectivity index (χ0v) is 19.1. The van der Waals surface area contributed by atoms with E-state index in [1.165, 1.54) is 0 Å². The third kappa shape index (κ3) is 3.83. The van der Waals surface area contributed by atoms with Crippen LogP contribution in [0, 0.1) is 11.3 Å². The normalized spacial score (nSPS) is 10.5. The standard InChI is InChI=1S/C24H14N4O3.Re/c25-14-15-6-7-16-13-20-22(26-24(30)27-23(20)29)28(21(16)12-15)17-8-10-19(11-9-17)31-18-4-2-1-3-5-18;/h1-13H,(H,27,29,30);/p-1. The van der Waals surface area contributed by atoms with Crippen LogP contribution in [0.25, 0.3) is 28.0 Å². The van der Waals surface area contributed by atoms with Gasteiger partial charge < -0.3 is 19.3 Å². The molecule has 8 heteroatoms. The minimum atomic E-state index is -0.855. The maximum absolute atomic E-state index is 12.4. The van der Waals surface area contributed by atoms with Crippen molar-refractivity contribution in [2.24, 2.45) is 0 Å². The summed E-state index contributed by atoms with van der Waals surface area (Å²) in [5.41, 5.74) is 0.472. The molecule has 2 heterocycles. The molecule has 0 atom stereocenters. The first-order valence-electron chi connectivity index (χ1n) is 9.40. The fourth-order valence-corrected chi connectivity index (χ4v) is 3.46. The van der Waals surface area contributed by atoms with Crippen molar-refractivity contribution in [2.45, 2.75) is 0 Å². The van der Waals surface area contributed by atoms with Gasteiger partial charge in [-0.2, -0.15) is 5.26 Å². The number of ether oxygens (including phenoxy) is 1. The second-order valence-electron chi connectivity index (χ2n) is 6.82. The largest absolute Gasteiger partial charge is 0.457 e. The molecule has 0 N–H and O–H groups in total. The van der Waals surface area contributed by atoms with Crippen molar-refractivity contribution in [3.8, 4) is 34.6 Å². The van der Waals surface area contributed by atoms with Gasteiger partial charge in [0.15, 0.2) is 11.2 Å². The van der Waals surface area contributed by atoms with E-state index in [0.29, 0.717) is 28.3 Å². The molecule has 0 fully saturated rings. The summed E-state index contributed by atoms with van der Waals surface area (Å²) in [5, 5.41) is 10.1. The van der Waals surface area contributed by atoms with E-state index < -0.39 is 11.2 Å². The molecule has 2 aliphatic rings. The Balaban J connectivity index is 0.00000245. The van der Waals surface area contributed by atoms with E-state index in [0.717, 1.165) is 5.39 Å². The van der Waals surface area contributed by atoms with E-state index in [4.69, 9.17) is 4.74 Å². The Kier molecular flexibility index (Phi) is 5.70. The van der Waals surface area contributed by atoms with E-state index in [9.17, 15) is 14.9 Å². The first-order chi connectivity index (χ1) is 15.1. The summed E-state index contributed by atoms with van der Waals surface area (Å²) in [5.74, 6) is 1.52. The van der Waals surface area contributed by atoms with Gasteiger partial charge in [0.05, 0.1) is 17.1 Å². The van der Waals surface area contributed by atoms with E-state index in [-0.39, 0.29) is 31.8 Å². The van der Waals surface area contributed by atoms with Crippen molar-refractivity contribution in [1.29, 1.82) is 5.26 Å². The van der Waals surface area contributed by atoms with Crippen LogP contribution in [0.15, 0.2) is 88.5 Å². The van der Waals surface area contributed by atoms with E-state index in [2.05, 4.69) is 16.0 Å². The summed E-state index contributed by atoms with van der Waals surface area (Å²) in [4.78, 5) is 31.7. The number of fused-ring (bicyclic) bond motifs is 2. The summed E-state index contributed by atoms with van der Waals surface area (Å²) in [6, 6.07) is 25.4. The average Bonchev–Trinajstić information content (AvgIpc) is 2.79. The number of rotatable bonds is 3. The average molecular weight is 592 g/mol. The summed E-state index contributed by atoms with van der Waals surface area (Å²) in [6.45, 7) is 0. The molecule has 3 aromatic rings. The number of hydrogen-bond acceptors (Lipinski definition) is 5. The summed E-state index contributed by atoms with van der Waals surface area (Å²) in [6.07, 6.45) is 0. The molecule has 32 heavy (non-hydrogen) atoms. The van der Waals surface area contributed by atoms with Gasteiger partial charge in [0, 0.05) is 37.5 Å². The molecule has 0 aromatic heterocycles. The Bertz CT molecular complexity index is 1550. The predicted octanol–water partition coefficient (Wildman–Crippen LogP) is 3.47. The van der Waals surface area contributed by atoms with Gasteiger partial charge in [-0.3, -0.25) is 9.59 Å². The molecular formula is C24H13N4O3Re-. The van der Waals surface area contributed by atoms with E-state index in [1.807, 2.05) is 30.3 Å². The van der Waals surface area contributed by atoms with Crippen LogP contribution in [0.2, 0.25) is 0 Å². The molecule has 7 nitrogen and oxygen atoms in total. The van der Waals surface area contributed by atoms with Gasteiger partial charge in [-0.05, 0) is 60.0 Å². The third-order valence-corrected chi connectivity index (χ3v) is 4.86. The Morgan fingerprint density at radius 3 is 2.34 bits per heavy atom. The minimum absolute atomic E-state index is 0. The van der Waals surface area contributed by atoms with Crippen molar-refractivity contribution in [3.63, 3.8) is 0 Å². The molecule has 5 rings (SSSR count). The van der Waals surface area contributed by atoms with E-state index >= 15 is 0 Å². The molecule has 2 aliphatic heterocycles. The van der Waals surface area contributed by atoms with Gasteiger partial charge in [-0.25, -0.2) is 0 Å². The molecular weight excluding hydrogens is 578 g/mol. The topological polar surface area (TPSA) is 99.1 Å². The number of pyridine rings is 1. The van der Waals surface area contributed by atoms with Crippen LogP contribution in [-0.4, -0.2) is 9.55 Å². The van der Waals surface area contributed by atoms with Gasteiger partial charge >= 0.3 is 0 Å². The van der Waals surface area contributed by atoms with Crippen LogP contribution in [0.3, 0.4) is 0 Å².